The van der Waals surface area contributed by atoms with Crippen LogP contribution in [0.4, 0.5) is 0 Å². The molecule has 0 radical (unpaired) electrons. The zero-order valence-electron chi connectivity index (χ0n) is 8.00. The molecule has 0 bridgehead atoms. The zero-order chi connectivity index (χ0) is 8.93. The molecule has 1 aromatic rings. The molecule has 0 spiro atoms. The molecular formula is C12H17N. The Balaban J connectivity index is 1.90. The Hall–Kier alpha value is -0.820. The maximum atomic E-state index is 3.46. The molecule has 1 aliphatic heterocycles. The normalized spacial score (nSPS) is 22.9. The predicted octanol–water partition coefficient (Wildman–Crippen LogP) is 2.23. The average Bonchev–Trinajstić information content (AvgIpc) is 2.21. The lowest BCUT2D eigenvalue weighted by Crippen LogP contribution is -2.30. The third kappa shape index (κ3) is 2.56. The monoisotopic (exact) mass is 175 g/mol. The largest absolute Gasteiger partial charge is 0.316 e. The van der Waals surface area contributed by atoms with Gasteiger partial charge in [0, 0.05) is 0 Å². The first kappa shape index (κ1) is 8.76. The first-order valence-corrected chi connectivity index (χ1v) is 5.20. The molecule has 0 aromatic heterocycles. The third-order valence-corrected chi connectivity index (χ3v) is 2.77. The van der Waals surface area contributed by atoms with Crippen molar-refractivity contribution in [1.29, 1.82) is 0 Å². The Labute approximate surface area is 80.2 Å². The summed E-state index contributed by atoms with van der Waals surface area (Å²) in [5.74, 6) is 0.858. The minimum atomic E-state index is 0.858. The fourth-order valence-corrected chi connectivity index (χ4v) is 2.05. The topological polar surface area (TPSA) is 12.0 Å². The van der Waals surface area contributed by atoms with E-state index in [1.807, 2.05) is 0 Å². The predicted molar refractivity (Wildman–Crippen MR) is 55.7 cm³/mol. The Morgan fingerprint density at radius 3 is 2.77 bits per heavy atom. The molecule has 0 unspecified atom stereocenters. The molecule has 0 aliphatic carbocycles. The minimum absolute atomic E-state index is 0.858. The van der Waals surface area contributed by atoms with Crippen LogP contribution in [0.5, 0.6) is 0 Å². The lowest BCUT2D eigenvalue weighted by molar-refractivity contribution is 0.376. The van der Waals surface area contributed by atoms with Crippen molar-refractivity contribution in [3.63, 3.8) is 0 Å². The van der Waals surface area contributed by atoms with Crippen LogP contribution in [0.15, 0.2) is 30.3 Å². The Morgan fingerprint density at radius 2 is 2.08 bits per heavy atom. The number of benzene rings is 1. The van der Waals surface area contributed by atoms with E-state index in [1.165, 1.54) is 37.9 Å². The zero-order valence-corrected chi connectivity index (χ0v) is 8.00. The summed E-state index contributed by atoms with van der Waals surface area (Å²) in [4.78, 5) is 0. The van der Waals surface area contributed by atoms with Gasteiger partial charge in [0.2, 0.25) is 0 Å². The highest BCUT2D eigenvalue weighted by molar-refractivity contribution is 5.15. The van der Waals surface area contributed by atoms with Crippen LogP contribution < -0.4 is 5.32 Å². The van der Waals surface area contributed by atoms with Crippen LogP contribution in [0.3, 0.4) is 0 Å². The first-order valence-electron chi connectivity index (χ1n) is 5.20. The molecule has 1 aromatic carbocycles. The third-order valence-electron chi connectivity index (χ3n) is 2.77. The van der Waals surface area contributed by atoms with E-state index in [0.717, 1.165) is 5.92 Å². The van der Waals surface area contributed by atoms with E-state index in [0.29, 0.717) is 0 Å². The van der Waals surface area contributed by atoms with Crippen molar-refractivity contribution in [3.05, 3.63) is 35.9 Å². The van der Waals surface area contributed by atoms with Gasteiger partial charge in [-0.2, -0.15) is 0 Å². The quantitative estimate of drug-likeness (QED) is 0.726. The smallest absolute Gasteiger partial charge is 0.00173 e. The Bertz CT molecular complexity index is 237. The van der Waals surface area contributed by atoms with Gasteiger partial charge in [0.25, 0.3) is 0 Å². The van der Waals surface area contributed by atoms with Gasteiger partial charge in [0.15, 0.2) is 0 Å². The molecule has 1 aliphatic rings. The summed E-state index contributed by atoms with van der Waals surface area (Å²) in [5.41, 5.74) is 1.48. The molecule has 70 valence electrons. The molecular weight excluding hydrogens is 158 g/mol. The molecule has 13 heavy (non-hydrogen) atoms. The van der Waals surface area contributed by atoms with Crippen LogP contribution in [-0.2, 0) is 6.42 Å². The highest BCUT2D eigenvalue weighted by atomic mass is 14.9. The molecule has 1 fully saturated rings. The minimum Gasteiger partial charge on any atom is -0.316 e. The first-order chi connectivity index (χ1) is 6.45. The summed E-state index contributed by atoms with van der Waals surface area (Å²) in [6, 6.07) is 10.8. The lowest BCUT2D eigenvalue weighted by Gasteiger charge is -2.22. The van der Waals surface area contributed by atoms with Gasteiger partial charge < -0.3 is 5.32 Å². The molecule has 1 heteroatoms. The van der Waals surface area contributed by atoms with Crippen molar-refractivity contribution in [2.75, 3.05) is 13.1 Å². The van der Waals surface area contributed by atoms with E-state index in [-0.39, 0.29) is 0 Å². The average molecular weight is 175 g/mol. The summed E-state index contributed by atoms with van der Waals surface area (Å²) in [6.45, 7) is 2.42. The summed E-state index contributed by atoms with van der Waals surface area (Å²) >= 11 is 0. The summed E-state index contributed by atoms with van der Waals surface area (Å²) in [7, 11) is 0. The lowest BCUT2D eigenvalue weighted by atomic mass is 9.92. The fraction of sp³-hybridized carbons (Fsp3) is 0.500. The standard InChI is InChI=1S/C12H17N/c1-2-5-11(6-3-1)9-12-7-4-8-13-10-12/h1-3,5-6,12-13H,4,7-10H2/t12-/m1/s1. The van der Waals surface area contributed by atoms with E-state index in [1.54, 1.807) is 0 Å². The van der Waals surface area contributed by atoms with Crippen LogP contribution in [0.1, 0.15) is 18.4 Å². The van der Waals surface area contributed by atoms with E-state index >= 15 is 0 Å². The van der Waals surface area contributed by atoms with Crippen molar-refractivity contribution in [2.24, 2.45) is 5.92 Å². The maximum Gasteiger partial charge on any atom is -0.00173 e. The van der Waals surface area contributed by atoms with Crippen molar-refractivity contribution in [3.8, 4) is 0 Å². The van der Waals surface area contributed by atoms with Gasteiger partial charge in [-0.25, -0.2) is 0 Å². The van der Waals surface area contributed by atoms with E-state index in [2.05, 4.69) is 35.6 Å². The summed E-state index contributed by atoms with van der Waals surface area (Å²) in [5, 5.41) is 3.46. The highest BCUT2D eigenvalue weighted by Gasteiger charge is 2.12. The highest BCUT2D eigenvalue weighted by Crippen LogP contribution is 2.15. The number of rotatable bonds is 2. The van der Waals surface area contributed by atoms with Gasteiger partial charge in [-0.1, -0.05) is 30.3 Å². The van der Waals surface area contributed by atoms with E-state index in [4.69, 9.17) is 0 Å². The Morgan fingerprint density at radius 1 is 1.23 bits per heavy atom. The second-order valence-corrected chi connectivity index (χ2v) is 3.90. The van der Waals surface area contributed by atoms with Gasteiger partial charge in [0.1, 0.15) is 0 Å². The van der Waals surface area contributed by atoms with Gasteiger partial charge in [-0.05, 0) is 43.8 Å². The van der Waals surface area contributed by atoms with Crippen LogP contribution in [0.25, 0.3) is 0 Å². The van der Waals surface area contributed by atoms with Gasteiger partial charge in [0.05, 0.1) is 0 Å². The van der Waals surface area contributed by atoms with Gasteiger partial charge >= 0.3 is 0 Å². The van der Waals surface area contributed by atoms with Crippen molar-refractivity contribution in [2.45, 2.75) is 19.3 Å². The van der Waals surface area contributed by atoms with Crippen LogP contribution in [-0.4, -0.2) is 13.1 Å². The second kappa shape index (κ2) is 4.43. The fourth-order valence-electron chi connectivity index (χ4n) is 2.05. The summed E-state index contributed by atoms with van der Waals surface area (Å²) in [6.07, 6.45) is 3.98. The molecule has 0 amide bonds. The second-order valence-electron chi connectivity index (χ2n) is 3.90. The molecule has 1 atom stereocenters. The van der Waals surface area contributed by atoms with Crippen LogP contribution in [0, 0.1) is 5.92 Å². The van der Waals surface area contributed by atoms with E-state index < -0.39 is 0 Å². The number of hydrogen-bond acceptors (Lipinski definition) is 1. The molecule has 1 N–H and O–H groups in total. The molecule has 0 saturated carbocycles. The molecule has 1 heterocycles. The number of piperidine rings is 1. The maximum absolute atomic E-state index is 3.46. The number of nitrogens with one attached hydrogen (secondary N) is 1. The summed E-state index contributed by atoms with van der Waals surface area (Å²) < 4.78 is 0. The van der Waals surface area contributed by atoms with Crippen molar-refractivity contribution < 1.29 is 0 Å². The molecule has 2 rings (SSSR count). The van der Waals surface area contributed by atoms with Gasteiger partial charge in [-0.3, -0.25) is 0 Å². The van der Waals surface area contributed by atoms with E-state index in [9.17, 15) is 0 Å². The van der Waals surface area contributed by atoms with Crippen LogP contribution in [0.2, 0.25) is 0 Å². The van der Waals surface area contributed by atoms with Gasteiger partial charge in [-0.15, -0.1) is 0 Å². The van der Waals surface area contributed by atoms with Crippen molar-refractivity contribution in [1.82, 2.24) is 5.32 Å². The molecule has 1 saturated heterocycles. The Kier molecular flexibility index (Phi) is 2.98. The van der Waals surface area contributed by atoms with Crippen LogP contribution >= 0.6 is 0 Å². The number of hydrogen-bond donors (Lipinski definition) is 1. The molecule has 1 nitrogen and oxygen atoms in total. The van der Waals surface area contributed by atoms with Crippen molar-refractivity contribution >= 4 is 0 Å². The SMILES string of the molecule is c1ccc(C[C@H]2CCCNC2)cc1.